The number of rotatable bonds is 4. The van der Waals surface area contributed by atoms with Crippen LogP contribution >= 0.6 is 11.6 Å². The first-order chi connectivity index (χ1) is 10.2. The summed E-state index contributed by atoms with van der Waals surface area (Å²) < 4.78 is 11.0. The molecule has 0 fully saturated rings. The molecule has 4 heteroatoms. The van der Waals surface area contributed by atoms with Crippen LogP contribution in [0, 0.1) is 18.8 Å². The molecule has 3 nitrogen and oxygen atoms in total. The van der Waals surface area contributed by atoms with Gasteiger partial charge in [-0.15, -0.1) is 11.6 Å². The third-order valence-corrected chi connectivity index (χ3v) is 3.06. The van der Waals surface area contributed by atoms with Gasteiger partial charge in [-0.05, 0) is 42.8 Å². The molecule has 0 amide bonds. The SMILES string of the molecule is COc1ncccc1COc1ccc(C#CCCl)c(C)c1. The van der Waals surface area contributed by atoms with E-state index in [-0.39, 0.29) is 0 Å². The highest BCUT2D eigenvalue weighted by atomic mass is 35.5. The van der Waals surface area contributed by atoms with Gasteiger partial charge in [-0.1, -0.05) is 11.8 Å². The number of methoxy groups -OCH3 is 1. The Kier molecular flexibility index (Phi) is 5.48. The van der Waals surface area contributed by atoms with Crippen molar-refractivity contribution in [1.29, 1.82) is 0 Å². The molecule has 108 valence electrons. The fourth-order valence-electron chi connectivity index (χ4n) is 1.87. The second-order valence-electron chi connectivity index (χ2n) is 4.37. The lowest BCUT2D eigenvalue weighted by Crippen LogP contribution is -2.00. The first kappa shape index (κ1) is 15.2. The molecule has 0 radical (unpaired) electrons. The van der Waals surface area contributed by atoms with E-state index in [4.69, 9.17) is 21.1 Å². The summed E-state index contributed by atoms with van der Waals surface area (Å²) in [6.07, 6.45) is 1.69. The van der Waals surface area contributed by atoms with E-state index < -0.39 is 0 Å². The van der Waals surface area contributed by atoms with E-state index >= 15 is 0 Å². The Balaban J connectivity index is 2.08. The van der Waals surface area contributed by atoms with Crippen LogP contribution in [0.3, 0.4) is 0 Å². The Morgan fingerprint density at radius 1 is 1.29 bits per heavy atom. The lowest BCUT2D eigenvalue weighted by molar-refractivity contribution is 0.293. The van der Waals surface area contributed by atoms with Crippen LogP contribution in [0.2, 0.25) is 0 Å². The van der Waals surface area contributed by atoms with Crippen molar-refractivity contribution < 1.29 is 9.47 Å². The van der Waals surface area contributed by atoms with Crippen LogP contribution in [0.1, 0.15) is 16.7 Å². The van der Waals surface area contributed by atoms with Crippen molar-refractivity contribution in [2.45, 2.75) is 13.5 Å². The maximum atomic E-state index is 5.78. The average Bonchev–Trinajstić information content (AvgIpc) is 2.52. The molecule has 0 bridgehead atoms. The Morgan fingerprint density at radius 2 is 2.14 bits per heavy atom. The fourth-order valence-corrected chi connectivity index (χ4v) is 1.94. The van der Waals surface area contributed by atoms with Gasteiger partial charge < -0.3 is 9.47 Å². The third-order valence-electron chi connectivity index (χ3n) is 2.93. The summed E-state index contributed by atoms with van der Waals surface area (Å²) in [6.45, 7) is 2.40. The smallest absolute Gasteiger partial charge is 0.219 e. The van der Waals surface area contributed by atoms with Gasteiger partial charge in [0.2, 0.25) is 5.88 Å². The van der Waals surface area contributed by atoms with Crippen LogP contribution in [-0.4, -0.2) is 18.0 Å². The third kappa shape index (κ3) is 4.14. The zero-order chi connectivity index (χ0) is 15.1. The highest BCUT2D eigenvalue weighted by Gasteiger charge is 2.05. The summed E-state index contributed by atoms with van der Waals surface area (Å²) in [5.74, 6) is 7.56. The molecule has 0 aliphatic carbocycles. The molecule has 0 saturated heterocycles. The second-order valence-corrected chi connectivity index (χ2v) is 4.64. The van der Waals surface area contributed by atoms with Gasteiger partial charge in [0.05, 0.1) is 18.6 Å². The molecule has 0 aliphatic heterocycles. The van der Waals surface area contributed by atoms with E-state index in [1.165, 1.54) is 0 Å². The Morgan fingerprint density at radius 3 is 2.86 bits per heavy atom. The summed E-state index contributed by atoms with van der Waals surface area (Å²) in [4.78, 5) is 4.14. The minimum atomic E-state index is 0.332. The average molecular weight is 302 g/mol. The van der Waals surface area contributed by atoms with Crippen molar-refractivity contribution in [3.63, 3.8) is 0 Å². The highest BCUT2D eigenvalue weighted by Crippen LogP contribution is 2.20. The molecule has 1 heterocycles. The molecular weight excluding hydrogens is 286 g/mol. The molecule has 21 heavy (non-hydrogen) atoms. The molecule has 0 saturated carbocycles. The van der Waals surface area contributed by atoms with Crippen molar-refractivity contribution in [3.8, 4) is 23.5 Å². The first-order valence-electron chi connectivity index (χ1n) is 6.50. The predicted molar refractivity (Wildman–Crippen MR) is 83.9 cm³/mol. The predicted octanol–water partition coefficient (Wildman–Crippen LogP) is 3.57. The van der Waals surface area contributed by atoms with Gasteiger partial charge in [0, 0.05) is 11.8 Å². The number of hydrogen-bond acceptors (Lipinski definition) is 3. The molecule has 1 aromatic carbocycles. The van der Waals surface area contributed by atoms with Gasteiger partial charge in [-0.2, -0.15) is 0 Å². The topological polar surface area (TPSA) is 31.4 Å². The number of pyridine rings is 1. The number of nitrogens with zero attached hydrogens (tertiary/aromatic N) is 1. The molecule has 0 atom stereocenters. The monoisotopic (exact) mass is 301 g/mol. The van der Waals surface area contributed by atoms with Gasteiger partial charge in [0.1, 0.15) is 12.4 Å². The first-order valence-corrected chi connectivity index (χ1v) is 7.04. The van der Waals surface area contributed by atoms with E-state index in [0.717, 1.165) is 22.4 Å². The van der Waals surface area contributed by atoms with Gasteiger partial charge in [0.25, 0.3) is 0 Å². The van der Waals surface area contributed by atoms with Crippen LogP contribution in [-0.2, 0) is 6.61 Å². The van der Waals surface area contributed by atoms with Crippen molar-refractivity contribution in [2.24, 2.45) is 0 Å². The van der Waals surface area contributed by atoms with Gasteiger partial charge in [0.15, 0.2) is 0 Å². The van der Waals surface area contributed by atoms with Crippen LogP contribution in [0.15, 0.2) is 36.5 Å². The molecule has 0 unspecified atom stereocenters. The van der Waals surface area contributed by atoms with Crippen LogP contribution in [0.4, 0.5) is 0 Å². The maximum Gasteiger partial charge on any atom is 0.219 e. The van der Waals surface area contributed by atoms with Gasteiger partial charge in [-0.25, -0.2) is 4.98 Å². The molecule has 0 spiro atoms. The minimum absolute atomic E-state index is 0.332. The zero-order valence-electron chi connectivity index (χ0n) is 12.0. The Hall–Kier alpha value is -2.18. The number of benzene rings is 1. The standard InChI is InChI=1S/C17H16ClNO2/c1-13-11-16(8-7-14(13)5-3-9-18)21-12-15-6-4-10-19-17(15)20-2/h4,6-8,10-11H,9,12H2,1-2H3. The Labute approximate surface area is 129 Å². The number of aromatic nitrogens is 1. The molecule has 2 aromatic rings. The zero-order valence-corrected chi connectivity index (χ0v) is 12.8. The van der Waals surface area contributed by atoms with Crippen molar-refractivity contribution in [1.82, 2.24) is 4.98 Å². The Bertz CT molecular complexity index is 674. The molecule has 1 aromatic heterocycles. The second kappa shape index (κ2) is 7.56. The summed E-state index contributed by atoms with van der Waals surface area (Å²) in [5.41, 5.74) is 2.92. The molecule has 0 aliphatic rings. The number of alkyl halides is 1. The van der Waals surface area contributed by atoms with Crippen LogP contribution in [0.25, 0.3) is 0 Å². The molecule has 2 rings (SSSR count). The number of hydrogen-bond donors (Lipinski definition) is 0. The molecular formula is C17H16ClNO2. The van der Waals surface area contributed by atoms with Crippen molar-refractivity contribution >= 4 is 11.6 Å². The van der Waals surface area contributed by atoms with E-state index in [1.54, 1.807) is 13.3 Å². The normalized spacial score (nSPS) is 9.67. The summed E-state index contributed by atoms with van der Waals surface area (Å²) in [5, 5.41) is 0. The van der Waals surface area contributed by atoms with Crippen molar-refractivity contribution in [3.05, 3.63) is 53.2 Å². The van der Waals surface area contributed by atoms with Gasteiger partial charge in [-0.3, -0.25) is 0 Å². The summed E-state index contributed by atoms with van der Waals surface area (Å²) >= 11 is 5.57. The van der Waals surface area contributed by atoms with E-state index in [0.29, 0.717) is 18.4 Å². The lowest BCUT2D eigenvalue weighted by atomic mass is 10.1. The summed E-state index contributed by atoms with van der Waals surface area (Å²) in [6, 6.07) is 9.58. The van der Waals surface area contributed by atoms with Crippen LogP contribution in [0.5, 0.6) is 11.6 Å². The molecule has 0 N–H and O–H groups in total. The van der Waals surface area contributed by atoms with Crippen LogP contribution < -0.4 is 9.47 Å². The number of aryl methyl sites for hydroxylation is 1. The van der Waals surface area contributed by atoms with Crippen molar-refractivity contribution in [2.75, 3.05) is 13.0 Å². The largest absolute Gasteiger partial charge is 0.489 e. The van der Waals surface area contributed by atoms with Gasteiger partial charge >= 0.3 is 0 Å². The van der Waals surface area contributed by atoms with E-state index in [2.05, 4.69) is 16.8 Å². The fraction of sp³-hybridized carbons (Fsp3) is 0.235. The lowest BCUT2D eigenvalue weighted by Gasteiger charge is -2.10. The highest BCUT2D eigenvalue weighted by molar-refractivity contribution is 6.19. The van der Waals surface area contributed by atoms with E-state index in [9.17, 15) is 0 Å². The quantitative estimate of drug-likeness (QED) is 0.639. The summed E-state index contributed by atoms with van der Waals surface area (Å²) in [7, 11) is 1.60. The maximum absolute atomic E-state index is 5.78. The number of halogens is 1. The minimum Gasteiger partial charge on any atom is -0.489 e. The van der Waals surface area contributed by atoms with E-state index in [1.807, 2.05) is 37.3 Å². The number of ether oxygens (including phenoxy) is 2.